The normalized spacial score (nSPS) is 12.4. The number of anilines is 1. The molecule has 0 aromatic carbocycles. The van der Waals surface area contributed by atoms with Crippen LogP contribution in [0.2, 0.25) is 0 Å². The maximum atomic E-state index is 4.28. The summed E-state index contributed by atoms with van der Waals surface area (Å²) in [4.78, 5) is 4.28. The molecule has 3 nitrogen and oxygen atoms in total. The molecule has 0 amide bonds. The largest absolute Gasteiger partial charge is 0.352 e. The molecule has 0 bridgehead atoms. The summed E-state index contributed by atoms with van der Waals surface area (Å²) in [6.07, 6.45) is 9.00. The Morgan fingerprint density at radius 3 is 3.20 bits per heavy atom. The molecule has 4 heteroatoms. The Balaban J connectivity index is 2.58. The van der Waals surface area contributed by atoms with Gasteiger partial charge >= 0.3 is 0 Å². The van der Waals surface area contributed by atoms with Crippen LogP contribution in [0.3, 0.4) is 0 Å². The van der Waals surface area contributed by atoms with Crippen molar-refractivity contribution in [1.82, 2.24) is 9.55 Å². The lowest BCUT2D eigenvalue weighted by molar-refractivity contribution is 0.540. The summed E-state index contributed by atoms with van der Waals surface area (Å²) in [5, 5.41) is 3.23. The van der Waals surface area contributed by atoms with Gasteiger partial charge < -0.3 is 9.88 Å². The van der Waals surface area contributed by atoms with Crippen molar-refractivity contribution in [2.75, 3.05) is 23.9 Å². The summed E-state index contributed by atoms with van der Waals surface area (Å²) in [5.41, 5.74) is 0. The third kappa shape index (κ3) is 3.63. The Morgan fingerprint density at radius 1 is 1.73 bits per heavy atom. The van der Waals surface area contributed by atoms with E-state index in [1.807, 2.05) is 30.2 Å². The summed E-state index contributed by atoms with van der Waals surface area (Å²) in [7, 11) is 0. The van der Waals surface area contributed by atoms with Gasteiger partial charge in [-0.05, 0) is 25.4 Å². The van der Waals surface area contributed by atoms with Crippen LogP contribution in [0, 0.1) is 0 Å². The van der Waals surface area contributed by atoms with Crippen LogP contribution in [0.5, 0.6) is 0 Å². The number of thioether (sulfide) groups is 1. The zero-order valence-corrected chi connectivity index (χ0v) is 10.3. The molecule has 15 heavy (non-hydrogen) atoms. The SMILES string of the molecule is C=CCNc1nccn1C(C)CCSC. The number of imidazole rings is 1. The third-order valence-corrected chi connectivity index (χ3v) is 2.93. The summed E-state index contributed by atoms with van der Waals surface area (Å²) in [6, 6.07) is 0.493. The van der Waals surface area contributed by atoms with Gasteiger partial charge in [-0.25, -0.2) is 4.98 Å². The van der Waals surface area contributed by atoms with Gasteiger partial charge in [0.25, 0.3) is 0 Å². The van der Waals surface area contributed by atoms with Crippen LogP contribution in [-0.2, 0) is 0 Å². The van der Waals surface area contributed by atoms with Crippen molar-refractivity contribution in [2.45, 2.75) is 19.4 Å². The van der Waals surface area contributed by atoms with Crippen LogP contribution in [-0.4, -0.2) is 28.1 Å². The van der Waals surface area contributed by atoms with E-state index < -0.39 is 0 Å². The lowest BCUT2D eigenvalue weighted by Crippen LogP contribution is -2.11. The van der Waals surface area contributed by atoms with Crippen molar-refractivity contribution in [3.05, 3.63) is 25.0 Å². The second-order valence-electron chi connectivity index (χ2n) is 3.46. The van der Waals surface area contributed by atoms with Crippen LogP contribution >= 0.6 is 11.8 Å². The highest BCUT2D eigenvalue weighted by atomic mass is 32.2. The third-order valence-electron chi connectivity index (χ3n) is 2.29. The molecule has 0 aliphatic heterocycles. The van der Waals surface area contributed by atoms with E-state index in [2.05, 4.69) is 34.6 Å². The summed E-state index contributed by atoms with van der Waals surface area (Å²) in [5.74, 6) is 2.11. The average Bonchev–Trinajstić information content (AvgIpc) is 2.71. The Morgan fingerprint density at radius 2 is 2.53 bits per heavy atom. The van der Waals surface area contributed by atoms with Gasteiger partial charge in [0.2, 0.25) is 5.95 Å². The molecule has 0 aliphatic rings. The van der Waals surface area contributed by atoms with E-state index in [1.165, 1.54) is 12.2 Å². The van der Waals surface area contributed by atoms with Gasteiger partial charge in [-0.15, -0.1) is 6.58 Å². The van der Waals surface area contributed by atoms with E-state index in [-0.39, 0.29) is 0 Å². The first kappa shape index (κ1) is 12.2. The van der Waals surface area contributed by atoms with Crippen molar-refractivity contribution >= 4 is 17.7 Å². The molecule has 1 atom stereocenters. The Bertz CT molecular complexity index is 296. The monoisotopic (exact) mass is 225 g/mol. The molecule has 1 N–H and O–H groups in total. The van der Waals surface area contributed by atoms with Crippen LogP contribution < -0.4 is 5.32 Å². The van der Waals surface area contributed by atoms with E-state index in [9.17, 15) is 0 Å². The van der Waals surface area contributed by atoms with E-state index in [1.54, 1.807) is 0 Å². The molecule has 0 spiro atoms. The zero-order chi connectivity index (χ0) is 11.1. The number of nitrogens with zero attached hydrogens (tertiary/aromatic N) is 2. The molecule has 1 aromatic rings. The topological polar surface area (TPSA) is 29.9 Å². The quantitative estimate of drug-likeness (QED) is 0.724. The molecule has 84 valence electrons. The highest BCUT2D eigenvalue weighted by Crippen LogP contribution is 2.18. The van der Waals surface area contributed by atoms with Gasteiger partial charge in [-0.3, -0.25) is 0 Å². The fourth-order valence-electron chi connectivity index (χ4n) is 1.40. The lowest BCUT2D eigenvalue weighted by Gasteiger charge is -2.15. The fraction of sp³-hybridized carbons (Fsp3) is 0.545. The molecule has 0 radical (unpaired) electrons. The first-order valence-electron chi connectivity index (χ1n) is 5.16. The maximum Gasteiger partial charge on any atom is 0.203 e. The highest BCUT2D eigenvalue weighted by molar-refractivity contribution is 7.98. The van der Waals surface area contributed by atoms with Crippen LogP contribution in [0.4, 0.5) is 5.95 Å². The van der Waals surface area contributed by atoms with E-state index >= 15 is 0 Å². The standard InChI is InChI=1S/C11H19N3S/c1-4-6-12-11-13-7-8-14(11)10(2)5-9-15-3/h4,7-8,10H,1,5-6,9H2,2-3H3,(H,12,13). The van der Waals surface area contributed by atoms with Gasteiger partial charge in [0.1, 0.15) is 0 Å². The number of hydrogen-bond acceptors (Lipinski definition) is 3. The van der Waals surface area contributed by atoms with Crippen LogP contribution in [0.15, 0.2) is 25.0 Å². The molecule has 0 aliphatic carbocycles. The number of rotatable bonds is 7. The summed E-state index contributed by atoms with van der Waals surface area (Å²) < 4.78 is 2.18. The molecule has 1 aromatic heterocycles. The van der Waals surface area contributed by atoms with E-state index in [4.69, 9.17) is 0 Å². The zero-order valence-electron chi connectivity index (χ0n) is 9.44. The van der Waals surface area contributed by atoms with Crippen molar-refractivity contribution in [1.29, 1.82) is 0 Å². The maximum absolute atomic E-state index is 4.28. The minimum absolute atomic E-state index is 0.493. The molecular formula is C11H19N3S. The predicted octanol–water partition coefficient (Wildman–Crippen LogP) is 2.80. The minimum atomic E-state index is 0.493. The van der Waals surface area contributed by atoms with E-state index in [0.717, 1.165) is 12.5 Å². The van der Waals surface area contributed by atoms with Crippen molar-refractivity contribution in [2.24, 2.45) is 0 Å². The van der Waals surface area contributed by atoms with Gasteiger partial charge in [0.15, 0.2) is 0 Å². The molecule has 1 rings (SSSR count). The Hall–Kier alpha value is -0.900. The molecular weight excluding hydrogens is 206 g/mol. The van der Waals surface area contributed by atoms with Crippen LogP contribution in [0.1, 0.15) is 19.4 Å². The predicted molar refractivity (Wildman–Crippen MR) is 68.6 cm³/mol. The molecule has 0 saturated heterocycles. The molecule has 0 fully saturated rings. The van der Waals surface area contributed by atoms with Gasteiger partial charge in [-0.1, -0.05) is 6.08 Å². The summed E-state index contributed by atoms with van der Waals surface area (Å²) in [6.45, 7) is 6.66. The number of hydrogen-bond donors (Lipinski definition) is 1. The molecule has 1 unspecified atom stereocenters. The average molecular weight is 225 g/mol. The van der Waals surface area contributed by atoms with Crippen molar-refractivity contribution in [3.8, 4) is 0 Å². The Labute approximate surface area is 96.0 Å². The first-order valence-corrected chi connectivity index (χ1v) is 6.55. The lowest BCUT2D eigenvalue weighted by atomic mass is 10.2. The van der Waals surface area contributed by atoms with Gasteiger partial charge in [0, 0.05) is 25.0 Å². The second-order valence-corrected chi connectivity index (χ2v) is 4.44. The van der Waals surface area contributed by atoms with Crippen molar-refractivity contribution in [3.63, 3.8) is 0 Å². The fourth-order valence-corrected chi connectivity index (χ4v) is 1.97. The molecule has 0 saturated carbocycles. The van der Waals surface area contributed by atoms with Gasteiger partial charge in [0.05, 0.1) is 0 Å². The smallest absolute Gasteiger partial charge is 0.203 e. The molecule has 1 heterocycles. The number of aromatic nitrogens is 2. The number of nitrogens with one attached hydrogen (secondary N) is 1. The summed E-state index contributed by atoms with van der Waals surface area (Å²) >= 11 is 1.88. The minimum Gasteiger partial charge on any atom is -0.352 e. The van der Waals surface area contributed by atoms with Crippen molar-refractivity contribution < 1.29 is 0 Å². The second kappa shape index (κ2) is 6.56. The van der Waals surface area contributed by atoms with Crippen LogP contribution in [0.25, 0.3) is 0 Å². The first-order chi connectivity index (χ1) is 7.29. The Kier molecular flexibility index (Phi) is 5.32. The highest BCUT2D eigenvalue weighted by Gasteiger charge is 2.08. The van der Waals surface area contributed by atoms with Gasteiger partial charge in [-0.2, -0.15) is 11.8 Å². The van der Waals surface area contributed by atoms with E-state index in [0.29, 0.717) is 6.04 Å².